The minimum atomic E-state index is -1.29. The highest BCUT2D eigenvalue weighted by molar-refractivity contribution is 6.29. The number of ether oxygens (including phenoxy) is 1. The lowest BCUT2D eigenvalue weighted by Gasteiger charge is -2.67. The van der Waals surface area contributed by atoms with Crippen molar-refractivity contribution in [1.29, 1.82) is 0 Å². The van der Waals surface area contributed by atoms with Gasteiger partial charge in [0.15, 0.2) is 23.1 Å². The number of rotatable bonds is 8. The van der Waals surface area contributed by atoms with Crippen LogP contribution in [0.2, 0.25) is 0 Å². The minimum Gasteiger partial charge on any atom is -0.504 e. The van der Waals surface area contributed by atoms with Gasteiger partial charge in [-0.15, -0.1) is 0 Å². The number of aromatic hydroxyl groups is 2. The second kappa shape index (κ2) is 11.7. The molecule has 1 saturated heterocycles. The van der Waals surface area contributed by atoms with Crippen LogP contribution in [0.25, 0.3) is 0 Å². The smallest absolute Gasteiger partial charge is 0.200 e. The summed E-state index contributed by atoms with van der Waals surface area (Å²) in [6, 6.07) is 3.87. The fourth-order valence-corrected chi connectivity index (χ4v) is 8.02. The van der Waals surface area contributed by atoms with Crippen LogP contribution >= 0.6 is 0 Å². The Labute approximate surface area is 263 Å². The van der Waals surface area contributed by atoms with Gasteiger partial charge < -0.3 is 20.1 Å². The van der Waals surface area contributed by atoms with Crippen molar-refractivity contribution >= 4 is 11.6 Å². The van der Waals surface area contributed by atoms with E-state index in [0.717, 1.165) is 18.4 Å². The van der Waals surface area contributed by atoms with Crippen LogP contribution in [0.15, 0.2) is 64.5 Å². The maximum atomic E-state index is 15.2. The average molecular weight is 605 g/mol. The fourth-order valence-electron chi connectivity index (χ4n) is 8.02. The second-order valence-electron chi connectivity index (χ2n) is 15.3. The van der Waals surface area contributed by atoms with E-state index >= 15 is 4.79 Å². The number of benzene rings is 1. The zero-order valence-corrected chi connectivity index (χ0v) is 28.3. The third-order valence-electron chi connectivity index (χ3n) is 11.0. The molecule has 1 spiro atoms. The van der Waals surface area contributed by atoms with E-state index in [1.807, 2.05) is 33.8 Å². The van der Waals surface area contributed by atoms with E-state index in [1.54, 1.807) is 0 Å². The van der Waals surface area contributed by atoms with Crippen LogP contribution in [0.4, 0.5) is 0 Å². The van der Waals surface area contributed by atoms with Gasteiger partial charge in [0.05, 0.1) is 16.9 Å². The first-order valence-electron chi connectivity index (χ1n) is 15.9. The molecule has 3 aliphatic rings. The van der Waals surface area contributed by atoms with Gasteiger partial charge in [-0.05, 0) is 117 Å². The number of aliphatic hydroxyl groups excluding tert-OH is 1. The molecule has 1 heterocycles. The number of phenolic OH excluding ortho intramolecular Hbond substituents is 2. The summed E-state index contributed by atoms with van der Waals surface area (Å²) in [6.45, 7) is 20.4. The Morgan fingerprint density at radius 1 is 0.864 bits per heavy atom. The molecule has 44 heavy (non-hydrogen) atoms. The molecule has 5 unspecified atom stereocenters. The summed E-state index contributed by atoms with van der Waals surface area (Å²) < 4.78 is 6.87. The van der Waals surface area contributed by atoms with Crippen LogP contribution < -0.4 is 0 Å². The SMILES string of the molecule is CC(C)=CCC1CC23CC(CC=C(C)C)C(C)(C)C(CC=C(C)C)(C(=O)C(C(=O)c4ccc(O)c(O)c4)=C2OC1(C)C)C3O. The highest BCUT2D eigenvalue weighted by Crippen LogP contribution is 2.71. The molecule has 0 aromatic heterocycles. The molecule has 1 saturated carbocycles. The quantitative estimate of drug-likeness (QED) is 0.119. The summed E-state index contributed by atoms with van der Waals surface area (Å²) in [5.41, 5.74) is -0.160. The first kappa shape index (κ1) is 33.8. The number of fused-ring (bicyclic) bond motifs is 1. The lowest BCUT2D eigenvalue weighted by atomic mass is 9.38. The predicted octanol–water partition coefficient (Wildman–Crippen LogP) is 8.38. The molecule has 5 atom stereocenters. The minimum absolute atomic E-state index is 0.0320. The van der Waals surface area contributed by atoms with Crippen LogP contribution in [-0.4, -0.2) is 38.6 Å². The molecule has 2 bridgehead atoms. The summed E-state index contributed by atoms with van der Waals surface area (Å²) in [6.07, 6.45) is 8.32. The van der Waals surface area contributed by atoms with E-state index in [9.17, 15) is 20.1 Å². The number of carbonyl (C=O) groups is 2. The van der Waals surface area contributed by atoms with Crippen LogP contribution in [0, 0.1) is 28.1 Å². The topological polar surface area (TPSA) is 104 Å². The molecule has 0 radical (unpaired) electrons. The lowest BCUT2D eigenvalue weighted by molar-refractivity contribution is -0.233. The van der Waals surface area contributed by atoms with Crippen molar-refractivity contribution in [1.82, 2.24) is 0 Å². The molecule has 6 nitrogen and oxygen atoms in total. The van der Waals surface area contributed by atoms with E-state index < -0.39 is 45.3 Å². The molecule has 1 aliphatic heterocycles. The van der Waals surface area contributed by atoms with Gasteiger partial charge in [-0.25, -0.2) is 0 Å². The van der Waals surface area contributed by atoms with Crippen molar-refractivity contribution in [3.8, 4) is 11.5 Å². The summed E-state index contributed by atoms with van der Waals surface area (Å²) in [4.78, 5) is 29.7. The number of carbonyl (C=O) groups excluding carboxylic acids is 2. The third-order valence-corrected chi connectivity index (χ3v) is 11.0. The second-order valence-corrected chi connectivity index (χ2v) is 15.3. The van der Waals surface area contributed by atoms with Crippen LogP contribution in [0.1, 0.15) is 112 Å². The molecule has 4 rings (SSSR count). The molecule has 1 aromatic rings. The zero-order chi connectivity index (χ0) is 33.0. The van der Waals surface area contributed by atoms with Gasteiger partial charge in [0.25, 0.3) is 0 Å². The summed E-state index contributed by atoms with van der Waals surface area (Å²) >= 11 is 0. The zero-order valence-electron chi connectivity index (χ0n) is 28.3. The van der Waals surface area contributed by atoms with E-state index in [4.69, 9.17) is 4.74 Å². The van der Waals surface area contributed by atoms with E-state index in [2.05, 4.69) is 53.7 Å². The number of ketones is 2. The lowest BCUT2D eigenvalue weighted by Crippen LogP contribution is -2.71. The number of Topliss-reactive ketones (excluding diaryl/α,β-unsaturated/α-hetero) is 2. The number of allylic oxidation sites excluding steroid dienone is 7. The Bertz CT molecular complexity index is 1450. The summed E-state index contributed by atoms with van der Waals surface area (Å²) in [7, 11) is 0. The normalized spacial score (nSPS) is 30.1. The molecule has 240 valence electrons. The summed E-state index contributed by atoms with van der Waals surface area (Å²) in [5, 5.41) is 33.0. The van der Waals surface area contributed by atoms with Crippen molar-refractivity contribution in [2.45, 2.75) is 113 Å². The molecule has 6 heteroatoms. The summed E-state index contributed by atoms with van der Waals surface area (Å²) in [5.74, 6) is -1.40. The Kier molecular flexibility index (Phi) is 8.95. The maximum absolute atomic E-state index is 15.2. The number of aliphatic hydroxyl groups is 1. The molecule has 2 fully saturated rings. The van der Waals surface area contributed by atoms with Gasteiger partial charge in [-0.3, -0.25) is 9.59 Å². The molecule has 3 N–H and O–H groups in total. The average Bonchev–Trinajstić information content (AvgIpc) is 2.91. The van der Waals surface area contributed by atoms with Gasteiger partial charge in [0.1, 0.15) is 16.9 Å². The van der Waals surface area contributed by atoms with E-state index in [-0.39, 0.29) is 34.5 Å². The van der Waals surface area contributed by atoms with Gasteiger partial charge >= 0.3 is 0 Å². The maximum Gasteiger partial charge on any atom is 0.200 e. The highest BCUT2D eigenvalue weighted by atomic mass is 16.5. The van der Waals surface area contributed by atoms with Crippen LogP contribution in [-0.2, 0) is 9.53 Å². The predicted molar refractivity (Wildman–Crippen MR) is 174 cm³/mol. The van der Waals surface area contributed by atoms with Crippen LogP contribution in [0.5, 0.6) is 11.5 Å². The first-order valence-corrected chi connectivity index (χ1v) is 15.9. The van der Waals surface area contributed by atoms with Crippen molar-refractivity contribution in [2.75, 3.05) is 0 Å². The number of phenols is 2. The van der Waals surface area contributed by atoms with Gasteiger partial charge in [-0.2, -0.15) is 0 Å². The first-order chi connectivity index (χ1) is 20.3. The standard InChI is InChI=1S/C38H52O6/c1-22(2)11-14-26-20-37-21-27(15-12-23(3)4)36(9,10)44-33(37)30(31(41)25-13-16-28(39)29(40)19-25)32(42)38(34(37)43,35(26,7)8)18-17-24(5)6/h11-13,16-17,19,26-27,34,39-40,43H,14-15,18,20-21H2,1-10H3. The van der Waals surface area contributed by atoms with Crippen molar-refractivity contribution in [3.05, 3.63) is 70.0 Å². The molecule has 2 aliphatic carbocycles. The largest absolute Gasteiger partial charge is 0.504 e. The van der Waals surface area contributed by atoms with Crippen molar-refractivity contribution < 1.29 is 29.6 Å². The Morgan fingerprint density at radius 3 is 1.95 bits per heavy atom. The molecule has 1 aromatic carbocycles. The Hall–Kier alpha value is -3.12. The van der Waals surface area contributed by atoms with E-state index in [0.29, 0.717) is 19.3 Å². The highest BCUT2D eigenvalue weighted by Gasteiger charge is 2.74. The number of hydrogen-bond donors (Lipinski definition) is 3. The molecular weight excluding hydrogens is 552 g/mol. The Balaban J connectivity index is 2.09. The third kappa shape index (κ3) is 5.37. The van der Waals surface area contributed by atoms with Crippen LogP contribution in [0.3, 0.4) is 0 Å². The van der Waals surface area contributed by atoms with Gasteiger partial charge in [-0.1, -0.05) is 48.8 Å². The molecule has 0 amide bonds. The number of hydrogen-bond acceptors (Lipinski definition) is 6. The van der Waals surface area contributed by atoms with Crippen molar-refractivity contribution in [3.63, 3.8) is 0 Å². The van der Waals surface area contributed by atoms with Crippen molar-refractivity contribution in [2.24, 2.45) is 28.1 Å². The van der Waals surface area contributed by atoms with Gasteiger partial charge in [0.2, 0.25) is 0 Å². The molecular formula is C38H52O6. The van der Waals surface area contributed by atoms with Gasteiger partial charge in [0, 0.05) is 11.5 Å². The van der Waals surface area contributed by atoms with E-state index in [1.165, 1.54) is 29.3 Å². The Morgan fingerprint density at radius 2 is 1.41 bits per heavy atom. The monoisotopic (exact) mass is 604 g/mol. The fraction of sp³-hybridized carbons (Fsp3) is 0.579.